The van der Waals surface area contributed by atoms with Crippen LogP contribution in [0, 0.1) is 13.8 Å². The summed E-state index contributed by atoms with van der Waals surface area (Å²) in [6.45, 7) is 3.93. The van der Waals surface area contributed by atoms with Gasteiger partial charge in [0.25, 0.3) is 5.91 Å². The quantitative estimate of drug-likeness (QED) is 0.921. The third kappa shape index (κ3) is 3.71. The Morgan fingerprint density at radius 2 is 1.78 bits per heavy atom. The van der Waals surface area contributed by atoms with Gasteiger partial charge < -0.3 is 5.32 Å². The van der Waals surface area contributed by atoms with Gasteiger partial charge in [0.15, 0.2) is 5.65 Å². The number of nitrogens with one attached hydrogen (secondary N) is 1. The van der Waals surface area contributed by atoms with E-state index >= 15 is 0 Å². The first kappa shape index (κ1) is 16.0. The van der Waals surface area contributed by atoms with Gasteiger partial charge in [-0.1, -0.05) is 38.5 Å². The van der Waals surface area contributed by atoms with Crippen molar-refractivity contribution in [2.45, 2.75) is 71.3 Å². The van der Waals surface area contributed by atoms with Gasteiger partial charge in [0.05, 0.1) is 6.20 Å². The number of amides is 1. The number of nitrogens with zero attached hydrogens (tertiary/aromatic N) is 3. The van der Waals surface area contributed by atoms with Crippen LogP contribution >= 0.6 is 0 Å². The molecule has 1 amide bonds. The Bertz CT molecular complexity index is 682. The van der Waals surface area contributed by atoms with E-state index in [2.05, 4.69) is 15.4 Å². The fourth-order valence-electron chi connectivity index (χ4n) is 3.47. The monoisotopic (exact) mass is 314 g/mol. The number of aryl methyl sites for hydroxylation is 2. The van der Waals surface area contributed by atoms with Crippen molar-refractivity contribution in [3.8, 4) is 0 Å². The minimum absolute atomic E-state index is 0.0400. The van der Waals surface area contributed by atoms with Crippen molar-refractivity contribution in [2.75, 3.05) is 0 Å². The molecule has 1 saturated carbocycles. The molecule has 0 spiro atoms. The van der Waals surface area contributed by atoms with Crippen molar-refractivity contribution >= 4 is 11.6 Å². The summed E-state index contributed by atoms with van der Waals surface area (Å²) in [6.07, 6.45) is 11.4. The maximum absolute atomic E-state index is 12.7. The van der Waals surface area contributed by atoms with E-state index in [4.69, 9.17) is 0 Å². The third-order valence-electron chi connectivity index (χ3n) is 4.71. The highest BCUT2D eigenvalue weighted by molar-refractivity contribution is 5.99. The van der Waals surface area contributed by atoms with Crippen LogP contribution in [-0.2, 0) is 0 Å². The lowest BCUT2D eigenvalue weighted by Gasteiger charge is -2.17. The number of fused-ring (bicyclic) bond motifs is 1. The SMILES string of the molecule is Cc1cc(C)n2ncc(C(=O)NC3CCCCCCCC3)c2n1. The largest absolute Gasteiger partial charge is 0.349 e. The number of hydrogen-bond acceptors (Lipinski definition) is 3. The second kappa shape index (κ2) is 7.11. The molecule has 0 atom stereocenters. The summed E-state index contributed by atoms with van der Waals surface area (Å²) in [5.41, 5.74) is 3.14. The molecule has 2 aromatic heterocycles. The van der Waals surface area contributed by atoms with E-state index in [1.54, 1.807) is 10.7 Å². The van der Waals surface area contributed by atoms with Gasteiger partial charge in [-0.3, -0.25) is 4.79 Å². The lowest BCUT2D eigenvalue weighted by Crippen LogP contribution is -2.34. The Morgan fingerprint density at radius 1 is 1.13 bits per heavy atom. The number of aromatic nitrogens is 3. The molecule has 1 N–H and O–H groups in total. The standard InChI is InChI=1S/C18H26N4O/c1-13-11-14(2)22-17(20-13)16(12-19-22)18(23)21-15-9-7-5-3-4-6-8-10-15/h11-12,15H,3-10H2,1-2H3,(H,21,23). The van der Waals surface area contributed by atoms with Crippen molar-refractivity contribution in [3.63, 3.8) is 0 Å². The molecule has 3 rings (SSSR count). The van der Waals surface area contributed by atoms with Gasteiger partial charge in [-0.15, -0.1) is 0 Å². The molecule has 1 fully saturated rings. The summed E-state index contributed by atoms with van der Waals surface area (Å²) < 4.78 is 1.74. The topological polar surface area (TPSA) is 59.3 Å². The van der Waals surface area contributed by atoms with Crippen molar-refractivity contribution < 1.29 is 4.79 Å². The highest BCUT2D eigenvalue weighted by Crippen LogP contribution is 2.18. The minimum atomic E-state index is -0.0400. The van der Waals surface area contributed by atoms with Gasteiger partial charge in [0, 0.05) is 17.4 Å². The Labute approximate surface area is 137 Å². The van der Waals surface area contributed by atoms with Gasteiger partial charge in [0.1, 0.15) is 5.56 Å². The summed E-state index contributed by atoms with van der Waals surface area (Å²) >= 11 is 0. The van der Waals surface area contributed by atoms with Crippen LogP contribution in [0.2, 0.25) is 0 Å². The first-order chi connectivity index (χ1) is 11.1. The van der Waals surface area contributed by atoms with Crippen LogP contribution in [0.4, 0.5) is 0 Å². The van der Waals surface area contributed by atoms with E-state index in [1.807, 2.05) is 19.9 Å². The van der Waals surface area contributed by atoms with Crippen LogP contribution < -0.4 is 5.32 Å². The molecule has 0 radical (unpaired) electrons. The molecule has 1 aliphatic rings. The minimum Gasteiger partial charge on any atom is -0.349 e. The zero-order valence-corrected chi connectivity index (χ0v) is 14.1. The fraction of sp³-hybridized carbons (Fsp3) is 0.611. The molecule has 5 heteroatoms. The molecule has 0 aliphatic heterocycles. The number of hydrogen-bond donors (Lipinski definition) is 1. The van der Waals surface area contributed by atoms with Gasteiger partial charge in [-0.25, -0.2) is 9.50 Å². The van der Waals surface area contributed by atoms with Crippen molar-refractivity contribution in [1.29, 1.82) is 0 Å². The normalized spacial score (nSPS) is 17.5. The van der Waals surface area contributed by atoms with E-state index < -0.39 is 0 Å². The molecule has 0 saturated heterocycles. The zero-order chi connectivity index (χ0) is 16.2. The maximum Gasteiger partial charge on any atom is 0.256 e. The summed E-state index contributed by atoms with van der Waals surface area (Å²) in [5.74, 6) is -0.0400. The highest BCUT2D eigenvalue weighted by atomic mass is 16.1. The molecule has 1 aliphatic carbocycles. The van der Waals surface area contributed by atoms with Gasteiger partial charge in [-0.05, 0) is 32.8 Å². The lowest BCUT2D eigenvalue weighted by molar-refractivity contribution is 0.0933. The van der Waals surface area contributed by atoms with Gasteiger partial charge in [-0.2, -0.15) is 5.10 Å². The van der Waals surface area contributed by atoms with Crippen molar-refractivity contribution in [3.05, 3.63) is 29.2 Å². The first-order valence-corrected chi connectivity index (χ1v) is 8.78. The van der Waals surface area contributed by atoms with Crippen LogP contribution in [0.5, 0.6) is 0 Å². The molecule has 0 bridgehead atoms. The van der Waals surface area contributed by atoms with E-state index in [9.17, 15) is 4.79 Å². The summed E-state index contributed by atoms with van der Waals surface area (Å²) in [7, 11) is 0. The van der Waals surface area contributed by atoms with E-state index in [1.165, 1.54) is 38.5 Å². The van der Waals surface area contributed by atoms with Crippen LogP contribution in [0.1, 0.15) is 73.1 Å². The second-order valence-electron chi connectivity index (χ2n) is 6.70. The summed E-state index contributed by atoms with van der Waals surface area (Å²) in [5, 5.41) is 7.53. The van der Waals surface area contributed by atoms with Crippen LogP contribution in [-0.4, -0.2) is 26.5 Å². The third-order valence-corrected chi connectivity index (χ3v) is 4.71. The number of rotatable bonds is 2. The Balaban J connectivity index is 1.77. The Morgan fingerprint density at radius 3 is 2.48 bits per heavy atom. The molecule has 23 heavy (non-hydrogen) atoms. The van der Waals surface area contributed by atoms with Crippen molar-refractivity contribution in [2.24, 2.45) is 0 Å². The highest BCUT2D eigenvalue weighted by Gasteiger charge is 2.19. The van der Waals surface area contributed by atoms with E-state index in [-0.39, 0.29) is 11.9 Å². The first-order valence-electron chi connectivity index (χ1n) is 8.78. The Hall–Kier alpha value is -1.91. The molecular formula is C18H26N4O. The van der Waals surface area contributed by atoms with Gasteiger partial charge >= 0.3 is 0 Å². The average Bonchev–Trinajstić information content (AvgIpc) is 2.96. The van der Waals surface area contributed by atoms with Gasteiger partial charge in [0.2, 0.25) is 0 Å². The summed E-state index contributed by atoms with van der Waals surface area (Å²) in [4.78, 5) is 17.2. The fourth-order valence-corrected chi connectivity index (χ4v) is 3.47. The predicted octanol–water partition coefficient (Wildman–Crippen LogP) is 3.58. The van der Waals surface area contributed by atoms with Crippen molar-refractivity contribution in [1.82, 2.24) is 19.9 Å². The molecule has 5 nitrogen and oxygen atoms in total. The van der Waals surface area contributed by atoms with Crippen LogP contribution in [0.15, 0.2) is 12.3 Å². The number of carbonyl (C=O) groups is 1. The molecular weight excluding hydrogens is 288 g/mol. The molecule has 0 unspecified atom stereocenters. The molecule has 124 valence electrons. The second-order valence-corrected chi connectivity index (χ2v) is 6.70. The van der Waals surface area contributed by atoms with E-state index in [0.29, 0.717) is 11.2 Å². The lowest BCUT2D eigenvalue weighted by atomic mass is 10.0. The molecule has 2 heterocycles. The smallest absolute Gasteiger partial charge is 0.256 e. The Kier molecular flexibility index (Phi) is 4.94. The average molecular weight is 314 g/mol. The predicted molar refractivity (Wildman–Crippen MR) is 90.7 cm³/mol. The van der Waals surface area contributed by atoms with Crippen LogP contribution in [0.3, 0.4) is 0 Å². The number of carbonyl (C=O) groups excluding carboxylic acids is 1. The summed E-state index contributed by atoms with van der Waals surface area (Å²) in [6, 6.07) is 2.25. The van der Waals surface area contributed by atoms with Crippen LogP contribution in [0.25, 0.3) is 5.65 Å². The van der Waals surface area contributed by atoms with E-state index in [0.717, 1.165) is 24.2 Å². The molecule has 2 aromatic rings. The maximum atomic E-state index is 12.7. The molecule has 0 aromatic carbocycles. The zero-order valence-electron chi connectivity index (χ0n) is 14.1.